The number of urea groups is 1. The average Bonchev–Trinajstić information content (AvgIpc) is 3.11. The molecule has 0 spiro atoms. The first-order chi connectivity index (χ1) is 16.8. The summed E-state index contributed by atoms with van der Waals surface area (Å²) in [4.78, 5) is 39.6. The number of carbonyl (C=O) groups excluding carboxylic acids is 3. The normalized spacial score (nSPS) is 15.3. The van der Waals surface area contributed by atoms with Gasteiger partial charge in [0, 0.05) is 22.1 Å². The predicted octanol–water partition coefficient (Wildman–Crippen LogP) is 5.88. The molecule has 174 valence electrons. The maximum absolute atomic E-state index is 13.4. The van der Waals surface area contributed by atoms with Gasteiger partial charge >= 0.3 is 6.03 Å². The summed E-state index contributed by atoms with van der Waals surface area (Å²) in [5.41, 5.74) is 4.30. The summed E-state index contributed by atoms with van der Waals surface area (Å²) in [7, 11) is 0. The number of amides is 4. The molecule has 0 unspecified atom stereocenters. The number of hydrogen-bond acceptors (Lipinski definition) is 3. The summed E-state index contributed by atoms with van der Waals surface area (Å²) >= 11 is 6.20. The Morgan fingerprint density at radius 2 is 1.60 bits per heavy atom. The predicted molar refractivity (Wildman–Crippen MR) is 138 cm³/mol. The first kappa shape index (κ1) is 22.6. The zero-order chi connectivity index (χ0) is 24.9. The van der Waals surface area contributed by atoms with Crippen molar-refractivity contribution in [3.8, 4) is 5.69 Å². The highest BCUT2D eigenvalue weighted by Gasteiger charge is 2.37. The summed E-state index contributed by atoms with van der Waals surface area (Å²) in [6, 6.07) is 20.4. The smallest absolute Gasteiger partial charge is 0.318 e. The molecule has 0 bridgehead atoms. The Hall–Kier alpha value is -4.16. The first-order valence-electron chi connectivity index (χ1n) is 11.1. The van der Waals surface area contributed by atoms with Crippen molar-refractivity contribution in [2.24, 2.45) is 0 Å². The highest BCUT2D eigenvalue weighted by molar-refractivity contribution is 6.40. The number of aromatic nitrogens is 1. The third-order valence-corrected chi connectivity index (χ3v) is 6.75. The largest absolute Gasteiger partial charge is 0.335 e. The molecule has 1 fully saturated rings. The number of benzene rings is 3. The third kappa shape index (κ3) is 3.82. The number of carbonyl (C=O) groups is 3. The number of fused-ring (bicyclic) bond motifs is 1. The molecule has 1 aliphatic heterocycles. The van der Waals surface area contributed by atoms with Crippen LogP contribution in [0.1, 0.15) is 22.5 Å². The number of aryl methyl sites for hydroxylation is 1. The molecule has 0 aliphatic carbocycles. The minimum atomic E-state index is -0.802. The van der Waals surface area contributed by atoms with Crippen LogP contribution in [0.5, 0.6) is 0 Å². The van der Waals surface area contributed by atoms with E-state index >= 15 is 0 Å². The van der Waals surface area contributed by atoms with E-state index in [2.05, 4.69) is 34.1 Å². The number of nitrogens with zero attached hydrogens (tertiary/aromatic N) is 2. The van der Waals surface area contributed by atoms with Gasteiger partial charge < -0.3 is 4.57 Å². The van der Waals surface area contributed by atoms with Gasteiger partial charge in [-0.15, -0.1) is 0 Å². The Labute approximate surface area is 207 Å². The number of hydrogen-bond donors (Lipinski definition) is 1. The van der Waals surface area contributed by atoms with Crippen LogP contribution < -0.4 is 10.2 Å². The highest BCUT2D eigenvalue weighted by atomic mass is 35.5. The molecule has 4 amide bonds. The van der Waals surface area contributed by atoms with E-state index in [9.17, 15) is 14.4 Å². The number of halogens is 1. The quantitative estimate of drug-likeness (QED) is 0.292. The van der Waals surface area contributed by atoms with Crippen LogP contribution >= 0.6 is 11.6 Å². The first-order valence-corrected chi connectivity index (χ1v) is 11.5. The van der Waals surface area contributed by atoms with Crippen molar-refractivity contribution < 1.29 is 14.4 Å². The van der Waals surface area contributed by atoms with Gasteiger partial charge in [0.05, 0.1) is 5.69 Å². The van der Waals surface area contributed by atoms with Crippen molar-refractivity contribution in [3.63, 3.8) is 0 Å². The fourth-order valence-electron chi connectivity index (χ4n) is 4.52. The van der Waals surface area contributed by atoms with Gasteiger partial charge in [-0.3, -0.25) is 14.9 Å². The van der Waals surface area contributed by atoms with Gasteiger partial charge in [-0.05, 0) is 79.1 Å². The topological polar surface area (TPSA) is 71.4 Å². The number of nitrogens with one attached hydrogen (secondary N) is 1. The maximum atomic E-state index is 13.4. The van der Waals surface area contributed by atoms with Gasteiger partial charge in [-0.1, -0.05) is 48.0 Å². The Balaban J connectivity index is 1.58. The van der Waals surface area contributed by atoms with Crippen LogP contribution in [0.3, 0.4) is 0 Å². The highest BCUT2D eigenvalue weighted by Crippen LogP contribution is 2.31. The fraction of sp³-hybridized carbons (Fsp3) is 0.107. The lowest BCUT2D eigenvalue weighted by atomic mass is 10.1. The number of rotatable bonds is 3. The van der Waals surface area contributed by atoms with Crippen molar-refractivity contribution in [3.05, 3.63) is 99.8 Å². The number of barbiturate groups is 1. The Morgan fingerprint density at radius 1 is 0.857 bits per heavy atom. The van der Waals surface area contributed by atoms with Crippen molar-refractivity contribution in [1.29, 1.82) is 0 Å². The van der Waals surface area contributed by atoms with Crippen molar-refractivity contribution in [2.75, 3.05) is 4.90 Å². The molecule has 2 heterocycles. The van der Waals surface area contributed by atoms with Crippen LogP contribution in [0.25, 0.3) is 22.5 Å². The molecule has 1 aromatic heterocycles. The molecular formula is C28H22ClN3O3. The fourth-order valence-corrected chi connectivity index (χ4v) is 4.69. The monoisotopic (exact) mass is 483 g/mol. The van der Waals surface area contributed by atoms with Gasteiger partial charge in [0.1, 0.15) is 5.57 Å². The maximum Gasteiger partial charge on any atom is 0.335 e. The Morgan fingerprint density at radius 3 is 2.37 bits per heavy atom. The standard InChI is InChI=1S/C28H22ClN3O3/c1-16-13-21(18(3)31(16)22-12-11-19-7-4-5-8-20(19)14-22)15-23-26(33)30-28(35)32(27(23)34)25-10-6-9-24(29)17(25)2/h4-15H,1-3H3,(H,30,33,35)/b23-15+. The zero-order valence-corrected chi connectivity index (χ0v) is 20.2. The molecule has 3 aromatic carbocycles. The molecule has 35 heavy (non-hydrogen) atoms. The lowest BCUT2D eigenvalue weighted by molar-refractivity contribution is -0.122. The van der Waals surface area contributed by atoms with E-state index in [1.54, 1.807) is 25.1 Å². The van der Waals surface area contributed by atoms with E-state index in [1.807, 2.05) is 38.1 Å². The number of imide groups is 2. The Bertz CT molecular complexity index is 1580. The summed E-state index contributed by atoms with van der Waals surface area (Å²) in [6.07, 6.45) is 1.54. The zero-order valence-electron chi connectivity index (χ0n) is 19.4. The van der Waals surface area contributed by atoms with Crippen molar-refractivity contribution in [2.45, 2.75) is 20.8 Å². The van der Waals surface area contributed by atoms with E-state index in [0.29, 0.717) is 21.8 Å². The molecule has 0 radical (unpaired) electrons. The van der Waals surface area contributed by atoms with Gasteiger partial charge in [0.25, 0.3) is 11.8 Å². The third-order valence-electron chi connectivity index (χ3n) is 6.34. The van der Waals surface area contributed by atoms with Crippen LogP contribution in [-0.2, 0) is 9.59 Å². The number of anilines is 1. The minimum absolute atomic E-state index is 0.122. The molecule has 0 atom stereocenters. The molecular weight excluding hydrogens is 462 g/mol. The van der Waals surface area contributed by atoms with Gasteiger partial charge in [0.15, 0.2) is 0 Å². The SMILES string of the molecule is Cc1c(Cl)cccc1N1C(=O)NC(=O)/C(=C\c2cc(C)n(-c3ccc4ccccc4c3)c2C)C1=O. The van der Waals surface area contributed by atoms with Crippen LogP contribution in [0.4, 0.5) is 10.5 Å². The van der Waals surface area contributed by atoms with E-state index in [0.717, 1.165) is 32.7 Å². The lowest BCUT2D eigenvalue weighted by Gasteiger charge is -2.27. The van der Waals surface area contributed by atoms with Crippen LogP contribution in [0.2, 0.25) is 5.02 Å². The second-order valence-electron chi connectivity index (χ2n) is 8.54. The van der Waals surface area contributed by atoms with E-state index in [-0.39, 0.29) is 5.57 Å². The second kappa shape index (κ2) is 8.56. The molecule has 0 saturated carbocycles. The van der Waals surface area contributed by atoms with E-state index < -0.39 is 17.8 Å². The van der Waals surface area contributed by atoms with Crippen LogP contribution in [-0.4, -0.2) is 22.4 Å². The molecule has 5 rings (SSSR count). The minimum Gasteiger partial charge on any atom is -0.318 e. The molecule has 4 aromatic rings. The molecule has 1 N–H and O–H groups in total. The van der Waals surface area contributed by atoms with Crippen molar-refractivity contribution in [1.82, 2.24) is 9.88 Å². The molecule has 1 saturated heterocycles. The second-order valence-corrected chi connectivity index (χ2v) is 8.94. The average molecular weight is 484 g/mol. The Kier molecular flexibility index (Phi) is 5.53. The van der Waals surface area contributed by atoms with Gasteiger partial charge in [-0.2, -0.15) is 0 Å². The summed E-state index contributed by atoms with van der Waals surface area (Å²) in [5, 5.41) is 4.96. The summed E-state index contributed by atoms with van der Waals surface area (Å²) in [5.74, 6) is -1.42. The summed E-state index contributed by atoms with van der Waals surface area (Å²) in [6.45, 7) is 5.62. The van der Waals surface area contributed by atoms with Crippen LogP contribution in [0, 0.1) is 20.8 Å². The molecule has 1 aliphatic rings. The molecule has 6 nitrogen and oxygen atoms in total. The lowest BCUT2D eigenvalue weighted by Crippen LogP contribution is -2.54. The molecule has 7 heteroatoms. The summed E-state index contributed by atoms with van der Waals surface area (Å²) < 4.78 is 2.08. The van der Waals surface area contributed by atoms with Gasteiger partial charge in [-0.25, -0.2) is 9.69 Å². The van der Waals surface area contributed by atoms with E-state index in [1.165, 1.54) is 6.08 Å². The van der Waals surface area contributed by atoms with Crippen molar-refractivity contribution >= 4 is 52.0 Å². The van der Waals surface area contributed by atoms with E-state index in [4.69, 9.17) is 11.6 Å². The van der Waals surface area contributed by atoms with Crippen LogP contribution in [0.15, 0.2) is 72.3 Å². The van der Waals surface area contributed by atoms with Gasteiger partial charge in [0.2, 0.25) is 0 Å².